The summed E-state index contributed by atoms with van der Waals surface area (Å²) in [5.41, 5.74) is 2.39. The number of amides is 1. The fourth-order valence-corrected chi connectivity index (χ4v) is 3.31. The summed E-state index contributed by atoms with van der Waals surface area (Å²) in [6.07, 6.45) is 2.13. The van der Waals surface area contributed by atoms with Gasteiger partial charge in [0.25, 0.3) is 0 Å². The highest BCUT2D eigenvalue weighted by atomic mass is 16.5. The second kappa shape index (κ2) is 11.1. The third-order valence-electron chi connectivity index (χ3n) is 5.03. The Bertz CT molecular complexity index is 1140. The van der Waals surface area contributed by atoms with Crippen molar-refractivity contribution in [2.24, 2.45) is 0 Å². The van der Waals surface area contributed by atoms with Crippen molar-refractivity contribution < 1.29 is 23.5 Å². The smallest absolute Gasteiger partial charge is 0.407 e. The van der Waals surface area contributed by atoms with Crippen LogP contribution in [0.1, 0.15) is 42.9 Å². The van der Waals surface area contributed by atoms with Crippen molar-refractivity contribution in [2.75, 3.05) is 6.54 Å². The number of unbranched alkanes of at least 4 members (excludes halogenated alkanes) is 1. The van der Waals surface area contributed by atoms with Gasteiger partial charge in [0.2, 0.25) is 0 Å². The summed E-state index contributed by atoms with van der Waals surface area (Å²) >= 11 is 0. The lowest BCUT2D eigenvalue weighted by atomic mass is 10.0. The summed E-state index contributed by atoms with van der Waals surface area (Å²) in [5, 5.41) is 3.37. The molecule has 2 aromatic carbocycles. The third-order valence-corrected chi connectivity index (χ3v) is 5.03. The van der Waals surface area contributed by atoms with E-state index in [-0.39, 0.29) is 19.6 Å². The van der Waals surface area contributed by atoms with Crippen molar-refractivity contribution in [3.63, 3.8) is 0 Å². The Hall–Kier alpha value is -3.61. The molecular formula is C25H27NO6. The van der Waals surface area contributed by atoms with Crippen LogP contribution in [0, 0.1) is 6.92 Å². The van der Waals surface area contributed by atoms with Crippen molar-refractivity contribution in [3.8, 4) is 5.75 Å². The van der Waals surface area contributed by atoms with Gasteiger partial charge in [-0.3, -0.25) is 4.79 Å². The summed E-state index contributed by atoms with van der Waals surface area (Å²) in [6, 6.07) is 14.3. The highest BCUT2D eigenvalue weighted by Gasteiger charge is 2.14. The zero-order valence-corrected chi connectivity index (χ0v) is 18.3. The monoisotopic (exact) mass is 437 g/mol. The van der Waals surface area contributed by atoms with E-state index in [1.165, 1.54) is 6.07 Å². The number of esters is 1. The van der Waals surface area contributed by atoms with Crippen LogP contribution in [-0.4, -0.2) is 18.6 Å². The molecule has 0 saturated heterocycles. The number of ether oxygens (including phenoxy) is 2. The first-order valence-corrected chi connectivity index (χ1v) is 10.7. The first kappa shape index (κ1) is 23.1. The summed E-state index contributed by atoms with van der Waals surface area (Å²) in [6.45, 7) is 4.07. The van der Waals surface area contributed by atoms with Crippen molar-refractivity contribution in [1.82, 2.24) is 5.32 Å². The molecule has 3 aromatic rings. The predicted octanol–water partition coefficient (Wildman–Crippen LogP) is 4.67. The molecule has 32 heavy (non-hydrogen) atoms. The Labute approximate surface area is 186 Å². The molecule has 1 heterocycles. The predicted molar refractivity (Wildman–Crippen MR) is 121 cm³/mol. The lowest BCUT2D eigenvalue weighted by Crippen LogP contribution is -2.27. The maximum atomic E-state index is 12.2. The minimum absolute atomic E-state index is 0.0294. The lowest BCUT2D eigenvalue weighted by Gasteiger charge is -2.11. The number of alkyl carbamates (subject to hydrolysis) is 1. The van der Waals surface area contributed by atoms with Crippen LogP contribution in [0.4, 0.5) is 4.79 Å². The molecule has 1 N–H and O–H groups in total. The van der Waals surface area contributed by atoms with Gasteiger partial charge in [-0.15, -0.1) is 0 Å². The molecule has 168 valence electrons. The Morgan fingerprint density at radius 2 is 1.88 bits per heavy atom. The summed E-state index contributed by atoms with van der Waals surface area (Å²) in [5.74, 6) is -0.190. The van der Waals surface area contributed by atoms with E-state index in [2.05, 4.69) is 12.2 Å². The van der Waals surface area contributed by atoms with Crippen LogP contribution >= 0.6 is 0 Å². The Morgan fingerprint density at radius 1 is 1.09 bits per heavy atom. The van der Waals surface area contributed by atoms with Gasteiger partial charge in [-0.25, -0.2) is 9.59 Å². The molecule has 0 bridgehead atoms. The zero-order valence-electron chi connectivity index (χ0n) is 18.3. The van der Waals surface area contributed by atoms with E-state index < -0.39 is 17.7 Å². The standard InChI is InChI=1S/C25H27NO6/c1-3-4-10-19-15-23(28)32-24-17(2)21(12-11-20(19)24)31-22(27)13-14-26-25(29)30-16-18-8-6-5-7-9-18/h5-9,11-12,15H,3-4,10,13-14,16H2,1-2H3,(H,26,29). The second-order valence-corrected chi connectivity index (χ2v) is 7.47. The van der Waals surface area contributed by atoms with Crippen molar-refractivity contribution >= 4 is 23.0 Å². The van der Waals surface area contributed by atoms with E-state index in [0.29, 0.717) is 16.9 Å². The average molecular weight is 437 g/mol. The Kier molecular flexibility index (Phi) is 8.02. The molecule has 1 aromatic heterocycles. The van der Waals surface area contributed by atoms with Crippen LogP contribution in [-0.2, 0) is 22.6 Å². The van der Waals surface area contributed by atoms with E-state index in [9.17, 15) is 14.4 Å². The van der Waals surface area contributed by atoms with Gasteiger partial charge in [-0.1, -0.05) is 43.7 Å². The quantitative estimate of drug-likeness (QED) is 0.297. The lowest BCUT2D eigenvalue weighted by molar-refractivity contribution is -0.134. The molecule has 0 aliphatic rings. The molecule has 0 atom stereocenters. The first-order chi connectivity index (χ1) is 15.5. The van der Waals surface area contributed by atoms with Crippen molar-refractivity contribution in [2.45, 2.75) is 46.1 Å². The highest BCUT2D eigenvalue weighted by Crippen LogP contribution is 2.29. The topological polar surface area (TPSA) is 94.8 Å². The van der Waals surface area contributed by atoms with Crippen LogP contribution in [0.15, 0.2) is 57.7 Å². The van der Waals surface area contributed by atoms with Gasteiger partial charge in [0.1, 0.15) is 17.9 Å². The molecule has 0 saturated carbocycles. The molecular weight excluding hydrogens is 410 g/mol. The number of hydrogen-bond acceptors (Lipinski definition) is 6. The molecule has 0 unspecified atom stereocenters. The van der Waals surface area contributed by atoms with Gasteiger partial charge in [-0.05, 0) is 43.0 Å². The molecule has 0 spiro atoms. The molecule has 0 fully saturated rings. The van der Waals surface area contributed by atoms with E-state index in [1.807, 2.05) is 30.3 Å². The molecule has 3 rings (SSSR count). The number of carbonyl (C=O) groups is 2. The molecule has 0 aliphatic carbocycles. The van der Waals surface area contributed by atoms with Crippen LogP contribution in [0.5, 0.6) is 5.75 Å². The molecule has 7 nitrogen and oxygen atoms in total. The highest BCUT2D eigenvalue weighted by molar-refractivity contribution is 5.86. The van der Waals surface area contributed by atoms with E-state index in [1.54, 1.807) is 19.1 Å². The van der Waals surface area contributed by atoms with Crippen LogP contribution in [0.25, 0.3) is 11.0 Å². The van der Waals surface area contributed by atoms with E-state index in [0.717, 1.165) is 35.8 Å². The van der Waals surface area contributed by atoms with Gasteiger partial charge >= 0.3 is 17.7 Å². The van der Waals surface area contributed by atoms with Crippen LogP contribution in [0.2, 0.25) is 0 Å². The zero-order chi connectivity index (χ0) is 22.9. The Balaban J connectivity index is 1.55. The number of benzene rings is 2. The van der Waals surface area contributed by atoms with Gasteiger partial charge < -0.3 is 19.2 Å². The van der Waals surface area contributed by atoms with Gasteiger partial charge in [-0.2, -0.15) is 0 Å². The number of carbonyl (C=O) groups excluding carboxylic acids is 2. The van der Waals surface area contributed by atoms with Gasteiger partial charge in [0, 0.05) is 23.6 Å². The van der Waals surface area contributed by atoms with E-state index in [4.69, 9.17) is 13.9 Å². The minimum atomic E-state index is -0.607. The number of hydrogen-bond donors (Lipinski definition) is 1. The minimum Gasteiger partial charge on any atom is -0.445 e. The third kappa shape index (κ3) is 6.20. The summed E-state index contributed by atoms with van der Waals surface area (Å²) in [4.78, 5) is 36.0. The molecule has 1 amide bonds. The second-order valence-electron chi connectivity index (χ2n) is 7.47. The molecule has 0 radical (unpaired) electrons. The van der Waals surface area contributed by atoms with E-state index >= 15 is 0 Å². The van der Waals surface area contributed by atoms with Crippen molar-refractivity contribution in [3.05, 3.63) is 75.6 Å². The fourth-order valence-electron chi connectivity index (χ4n) is 3.31. The average Bonchev–Trinajstić information content (AvgIpc) is 2.79. The normalized spacial score (nSPS) is 10.7. The maximum Gasteiger partial charge on any atom is 0.407 e. The number of aryl methyl sites for hydroxylation is 2. The van der Waals surface area contributed by atoms with Gasteiger partial charge in [0.05, 0.1) is 6.42 Å². The summed E-state index contributed by atoms with van der Waals surface area (Å²) < 4.78 is 15.9. The van der Waals surface area contributed by atoms with Crippen molar-refractivity contribution in [1.29, 1.82) is 0 Å². The van der Waals surface area contributed by atoms with Gasteiger partial charge in [0.15, 0.2) is 0 Å². The number of rotatable bonds is 9. The Morgan fingerprint density at radius 3 is 2.62 bits per heavy atom. The first-order valence-electron chi connectivity index (χ1n) is 10.7. The molecule has 0 aliphatic heterocycles. The SMILES string of the molecule is CCCCc1cc(=O)oc2c(C)c(OC(=O)CCNC(=O)OCc3ccccc3)ccc12. The fraction of sp³-hybridized carbons (Fsp3) is 0.320. The van der Waals surface area contributed by atoms with Crippen LogP contribution < -0.4 is 15.7 Å². The van der Waals surface area contributed by atoms with Crippen LogP contribution in [0.3, 0.4) is 0 Å². The largest absolute Gasteiger partial charge is 0.445 e. The maximum absolute atomic E-state index is 12.2. The molecule has 7 heteroatoms. The number of nitrogens with one attached hydrogen (secondary N) is 1. The number of fused-ring (bicyclic) bond motifs is 1. The summed E-state index contributed by atoms with van der Waals surface area (Å²) in [7, 11) is 0.